The summed E-state index contributed by atoms with van der Waals surface area (Å²) < 4.78 is 0. The Hall–Kier alpha value is -1.91. The van der Waals surface area contributed by atoms with E-state index in [4.69, 9.17) is 0 Å². The summed E-state index contributed by atoms with van der Waals surface area (Å²) in [7, 11) is 0. The van der Waals surface area contributed by atoms with Crippen molar-refractivity contribution >= 4 is 23.3 Å². The van der Waals surface area contributed by atoms with Crippen LogP contribution in [0.4, 0.5) is 0 Å². The topological polar surface area (TPSA) is 32.3 Å². The number of carbonyl (C=O) groups is 1. The van der Waals surface area contributed by atoms with Crippen molar-refractivity contribution in [1.82, 2.24) is 10.2 Å². The van der Waals surface area contributed by atoms with E-state index in [1.54, 1.807) is 6.08 Å². The zero-order valence-electron chi connectivity index (χ0n) is 13.4. The third-order valence-electron chi connectivity index (χ3n) is 4.12. The lowest BCUT2D eigenvalue weighted by atomic mass is 10.1. The zero-order valence-corrected chi connectivity index (χ0v) is 14.2. The van der Waals surface area contributed by atoms with E-state index in [2.05, 4.69) is 28.6 Å². The van der Waals surface area contributed by atoms with Crippen LogP contribution in [0.5, 0.6) is 0 Å². The summed E-state index contributed by atoms with van der Waals surface area (Å²) in [6, 6.07) is 10.4. The van der Waals surface area contributed by atoms with Crippen molar-refractivity contribution in [3.8, 4) is 0 Å². The fourth-order valence-corrected chi connectivity index (χ4v) is 3.63. The Bertz CT molecular complexity index is 688. The van der Waals surface area contributed by atoms with Crippen LogP contribution in [0.25, 0.3) is 6.08 Å². The normalized spacial score (nSPS) is 14.8. The van der Waals surface area contributed by atoms with Crippen molar-refractivity contribution in [2.45, 2.75) is 19.9 Å². The van der Waals surface area contributed by atoms with Crippen LogP contribution < -0.4 is 5.32 Å². The highest BCUT2D eigenvalue weighted by Crippen LogP contribution is 2.23. The van der Waals surface area contributed by atoms with Gasteiger partial charge in [0.1, 0.15) is 0 Å². The van der Waals surface area contributed by atoms with Gasteiger partial charge in [0.05, 0.1) is 0 Å². The molecule has 0 fully saturated rings. The van der Waals surface area contributed by atoms with E-state index < -0.39 is 0 Å². The number of benzene rings is 1. The molecular weight excluding hydrogens is 304 g/mol. The number of aryl methyl sites for hydroxylation is 1. The fourth-order valence-electron chi connectivity index (χ4n) is 2.74. The fraction of sp³-hybridized carbons (Fsp3) is 0.316. The van der Waals surface area contributed by atoms with Crippen molar-refractivity contribution in [1.29, 1.82) is 0 Å². The maximum absolute atomic E-state index is 11.9. The Kier molecular flexibility index (Phi) is 5.26. The van der Waals surface area contributed by atoms with Crippen LogP contribution in [0, 0.1) is 6.92 Å². The van der Waals surface area contributed by atoms with Crippen LogP contribution >= 0.6 is 11.3 Å². The highest BCUT2D eigenvalue weighted by molar-refractivity contribution is 7.10. The molecular formula is C19H22N2OS. The Labute approximate surface area is 141 Å². The van der Waals surface area contributed by atoms with Gasteiger partial charge in [-0.25, -0.2) is 0 Å². The first kappa shape index (κ1) is 16.0. The smallest absolute Gasteiger partial charge is 0.244 e. The summed E-state index contributed by atoms with van der Waals surface area (Å²) >= 11 is 1.86. The van der Waals surface area contributed by atoms with E-state index in [0.29, 0.717) is 6.54 Å². The first-order valence-electron chi connectivity index (χ1n) is 8.01. The summed E-state index contributed by atoms with van der Waals surface area (Å²) in [5.74, 6) is -0.0289. The number of nitrogens with one attached hydrogen (secondary N) is 1. The largest absolute Gasteiger partial charge is 0.351 e. The molecule has 2 aromatic rings. The summed E-state index contributed by atoms with van der Waals surface area (Å²) in [5, 5.41) is 5.14. The van der Waals surface area contributed by atoms with E-state index in [1.165, 1.54) is 16.0 Å². The van der Waals surface area contributed by atoms with Gasteiger partial charge in [-0.3, -0.25) is 9.69 Å². The molecule has 1 amide bonds. The van der Waals surface area contributed by atoms with Gasteiger partial charge in [-0.2, -0.15) is 0 Å². The molecule has 0 saturated carbocycles. The number of nitrogens with zero attached hydrogens (tertiary/aromatic N) is 1. The first-order valence-corrected chi connectivity index (χ1v) is 8.89. The average Bonchev–Trinajstić information content (AvgIpc) is 3.02. The third-order valence-corrected chi connectivity index (χ3v) is 5.14. The Balaban J connectivity index is 1.40. The van der Waals surface area contributed by atoms with E-state index in [-0.39, 0.29) is 5.91 Å². The molecule has 120 valence electrons. The molecule has 3 nitrogen and oxygen atoms in total. The maximum atomic E-state index is 11.9. The monoisotopic (exact) mass is 326 g/mol. The quantitative estimate of drug-likeness (QED) is 0.856. The highest BCUT2D eigenvalue weighted by atomic mass is 32.1. The second kappa shape index (κ2) is 7.57. The molecule has 4 heteroatoms. The van der Waals surface area contributed by atoms with Crippen molar-refractivity contribution < 1.29 is 4.79 Å². The maximum Gasteiger partial charge on any atom is 0.244 e. The number of thiophene rings is 1. The van der Waals surface area contributed by atoms with Gasteiger partial charge in [0.2, 0.25) is 5.91 Å². The van der Waals surface area contributed by atoms with Gasteiger partial charge in [-0.1, -0.05) is 29.8 Å². The minimum Gasteiger partial charge on any atom is -0.351 e. The minimum absolute atomic E-state index is 0.0289. The van der Waals surface area contributed by atoms with Gasteiger partial charge in [0.25, 0.3) is 0 Å². The molecule has 0 aliphatic carbocycles. The van der Waals surface area contributed by atoms with E-state index in [0.717, 1.165) is 31.6 Å². The highest BCUT2D eigenvalue weighted by Gasteiger charge is 2.16. The van der Waals surface area contributed by atoms with Crippen LogP contribution in [0.1, 0.15) is 21.6 Å². The number of hydrogen-bond acceptors (Lipinski definition) is 3. The second-order valence-corrected chi connectivity index (χ2v) is 6.93. The summed E-state index contributed by atoms with van der Waals surface area (Å²) in [6.45, 7) is 5.74. The summed E-state index contributed by atoms with van der Waals surface area (Å²) in [6.07, 6.45) is 4.60. The summed E-state index contributed by atoms with van der Waals surface area (Å²) in [4.78, 5) is 15.8. The number of hydrogen-bond donors (Lipinski definition) is 1. The lowest BCUT2D eigenvalue weighted by molar-refractivity contribution is -0.116. The molecule has 0 atom stereocenters. The van der Waals surface area contributed by atoms with Crippen molar-refractivity contribution in [2.75, 3.05) is 19.6 Å². The first-order chi connectivity index (χ1) is 11.2. The molecule has 0 bridgehead atoms. The number of amides is 1. The van der Waals surface area contributed by atoms with Gasteiger partial charge < -0.3 is 5.32 Å². The molecule has 3 rings (SSSR count). The van der Waals surface area contributed by atoms with Crippen LogP contribution in [0.3, 0.4) is 0 Å². The standard InChI is InChI=1S/C19H22N2OS/c1-15-2-4-16(5-3-15)6-7-19(22)20-10-12-21-11-8-18-17(14-21)9-13-23-18/h2-7,9,13H,8,10-12,14H2,1H3,(H,20,22)/b7-6+. The van der Waals surface area contributed by atoms with E-state index in [1.807, 2.05) is 41.7 Å². The molecule has 0 radical (unpaired) electrons. The van der Waals surface area contributed by atoms with Gasteiger partial charge in [0.15, 0.2) is 0 Å². The SMILES string of the molecule is Cc1ccc(/C=C/C(=O)NCCN2CCc3sccc3C2)cc1. The molecule has 1 aromatic carbocycles. The molecule has 0 spiro atoms. The van der Waals surface area contributed by atoms with Crippen LogP contribution in [-0.2, 0) is 17.8 Å². The van der Waals surface area contributed by atoms with Crippen molar-refractivity contribution in [2.24, 2.45) is 0 Å². The predicted octanol–water partition coefficient (Wildman–Crippen LogP) is 3.24. The zero-order chi connectivity index (χ0) is 16.1. The van der Waals surface area contributed by atoms with Gasteiger partial charge in [-0.05, 0) is 42.0 Å². The molecule has 1 aliphatic rings. The van der Waals surface area contributed by atoms with E-state index in [9.17, 15) is 4.79 Å². The van der Waals surface area contributed by atoms with Crippen LogP contribution in [0.2, 0.25) is 0 Å². The average molecular weight is 326 g/mol. The van der Waals surface area contributed by atoms with Crippen molar-refractivity contribution in [3.05, 3.63) is 63.4 Å². The number of fused-ring (bicyclic) bond motifs is 1. The molecule has 1 aromatic heterocycles. The van der Waals surface area contributed by atoms with Gasteiger partial charge in [0, 0.05) is 37.1 Å². The second-order valence-electron chi connectivity index (χ2n) is 5.93. The summed E-state index contributed by atoms with van der Waals surface area (Å²) in [5.41, 5.74) is 3.72. The number of rotatable bonds is 5. The van der Waals surface area contributed by atoms with E-state index >= 15 is 0 Å². The lowest BCUT2D eigenvalue weighted by Gasteiger charge is -2.26. The molecule has 1 N–H and O–H groups in total. The van der Waals surface area contributed by atoms with Crippen molar-refractivity contribution in [3.63, 3.8) is 0 Å². The Morgan fingerprint density at radius 3 is 2.96 bits per heavy atom. The lowest BCUT2D eigenvalue weighted by Crippen LogP contribution is -2.37. The molecule has 23 heavy (non-hydrogen) atoms. The van der Waals surface area contributed by atoms with Crippen LogP contribution in [-0.4, -0.2) is 30.4 Å². The predicted molar refractivity (Wildman–Crippen MR) is 96.5 cm³/mol. The molecule has 0 unspecified atom stereocenters. The Morgan fingerprint density at radius 2 is 2.13 bits per heavy atom. The van der Waals surface area contributed by atoms with Gasteiger partial charge in [-0.15, -0.1) is 11.3 Å². The number of carbonyl (C=O) groups excluding carboxylic acids is 1. The van der Waals surface area contributed by atoms with Gasteiger partial charge >= 0.3 is 0 Å². The molecule has 0 saturated heterocycles. The minimum atomic E-state index is -0.0289. The third kappa shape index (κ3) is 4.53. The molecule has 1 aliphatic heterocycles. The van der Waals surface area contributed by atoms with Crippen LogP contribution in [0.15, 0.2) is 41.8 Å². The molecule has 2 heterocycles. The Morgan fingerprint density at radius 1 is 1.30 bits per heavy atom.